The maximum atomic E-state index is 12.1. The molecule has 1 aromatic rings. The van der Waals surface area contributed by atoms with Crippen LogP contribution < -0.4 is 15.4 Å². The molecule has 1 aromatic heterocycles. The first-order valence-corrected chi connectivity index (χ1v) is 5.33. The van der Waals surface area contributed by atoms with Crippen LogP contribution >= 0.6 is 0 Å². The summed E-state index contributed by atoms with van der Waals surface area (Å²) >= 11 is 0. The number of anilines is 1. The zero-order valence-electron chi connectivity index (χ0n) is 9.52. The highest BCUT2D eigenvalue weighted by Gasteiger charge is 2.53. The van der Waals surface area contributed by atoms with Crippen molar-refractivity contribution in [3.8, 4) is 5.88 Å². The fourth-order valence-corrected chi connectivity index (χ4v) is 2.23. The highest BCUT2D eigenvalue weighted by Crippen LogP contribution is 2.44. The van der Waals surface area contributed by atoms with E-state index >= 15 is 0 Å². The van der Waals surface area contributed by atoms with Crippen molar-refractivity contribution < 1.29 is 19.1 Å². The van der Waals surface area contributed by atoms with Crippen molar-refractivity contribution >= 4 is 17.8 Å². The molecule has 0 spiro atoms. The average Bonchev–Trinajstić information content (AvgIpc) is 2.65. The van der Waals surface area contributed by atoms with Crippen LogP contribution in [0.3, 0.4) is 0 Å². The number of hydrogen-bond acceptors (Lipinski definition) is 6. The monoisotopic (exact) mass is 250 g/mol. The summed E-state index contributed by atoms with van der Waals surface area (Å²) in [5, 5.41) is 5.17. The zero-order chi connectivity index (χ0) is 12.8. The second-order valence-corrected chi connectivity index (χ2v) is 3.98. The molecule has 0 saturated carbocycles. The van der Waals surface area contributed by atoms with Crippen molar-refractivity contribution in [2.24, 2.45) is 0 Å². The van der Waals surface area contributed by atoms with Gasteiger partial charge in [0.2, 0.25) is 5.88 Å². The largest absolute Gasteiger partial charge is 0.477 e. The van der Waals surface area contributed by atoms with Crippen molar-refractivity contribution in [1.29, 1.82) is 0 Å². The van der Waals surface area contributed by atoms with Gasteiger partial charge in [-0.1, -0.05) is 0 Å². The van der Waals surface area contributed by atoms with Gasteiger partial charge in [0, 0.05) is 6.42 Å². The van der Waals surface area contributed by atoms with Gasteiger partial charge in [0.1, 0.15) is 12.1 Å². The second kappa shape index (κ2) is 3.56. The van der Waals surface area contributed by atoms with Gasteiger partial charge >= 0.3 is 6.09 Å². The van der Waals surface area contributed by atoms with Crippen LogP contribution in [0.5, 0.6) is 5.88 Å². The van der Waals surface area contributed by atoms with Gasteiger partial charge in [0.25, 0.3) is 5.91 Å². The number of methoxy groups -OCH3 is 1. The van der Waals surface area contributed by atoms with Crippen LogP contribution in [0.1, 0.15) is 12.0 Å². The molecule has 3 rings (SSSR count). The van der Waals surface area contributed by atoms with Crippen molar-refractivity contribution in [3.63, 3.8) is 0 Å². The van der Waals surface area contributed by atoms with Crippen LogP contribution in [0.25, 0.3) is 0 Å². The molecule has 0 aliphatic carbocycles. The maximum Gasteiger partial charge on any atom is 0.407 e. The van der Waals surface area contributed by atoms with E-state index in [-0.39, 0.29) is 12.5 Å². The predicted molar refractivity (Wildman–Crippen MR) is 58.0 cm³/mol. The molecule has 8 nitrogen and oxygen atoms in total. The predicted octanol–water partition coefficient (Wildman–Crippen LogP) is -0.238. The number of hydrogen-bond donors (Lipinski definition) is 2. The van der Waals surface area contributed by atoms with Crippen LogP contribution in [0.15, 0.2) is 6.33 Å². The van der Waals surface area contributed by atoms with E-state index in [1.165, 1.54) is 13.4 Å². The summed E-state index contributed by atoms with van der Waals surface area (Å²) in [5.74, 6) is 0.315. The molecule has 0 aromatic carbocycles. The lowest BCUT2D eigenvalue weighted by Gasteiger charge is -2.31. The number of nitrogens with one attached hydrogen (secondary N) is 2. The van der Waals surface area contributed by atoms with Crippen LogP contribution in [0, 0.1) is 0 Å². The summed E-state index contributed by atoms with van der Waals surface area (Å²) in [5.41, 5.74) is -0.733. The maximum absolute atomic E-state index is 12.1. The lowest BCUT2D eigenvalue weighted by molar-refractivity contribution is -0.122. The molecule has 2 N–H and O–H groups in total. The molecule has 8 heteroatoms. The molecule has 3 heterocycles. The first-order valence-electron chi connectivity index (χ1n) is 5.33. The Kier molecular flexibility index (Phi) is 2.12. The Hall–Kier alpha value is -2.38. The molecular weight excluding hydrogens is 240 g/mol. The van der Waals surface area contributed by atoms with E-state index < -0.39 is 11.6 Å². The minimum Gasteiger partial charge on any atom is -0.477 e. The van der Waals surface area contributed by atoms with E-state index in [1.807, 2.05) is 0 Å². The van der Waals surface area contributed by atoms with Crippen molar-refractivity contribution in [3.05, 3.63) is 11.9 Å². The van der Waals surface area contributed by atoms with Crippen LogP contribution in [-0.2, 0) is 15.1 Å². The summed E-state index contributed by atoms with van der Waals surface area (Å²) in [6, 6.07) is 0. The van der Waals surface area contributed by atoms with Gasteiger partial charge in [0.15, 0.2) is 5.54 Å². The van der Waals surface area contributed by atoms with Gasteiger partial charge in [-0.05, 0) is 0 Å². The normalized spacial score (nSPS) is 23.7. The van der Waals surface area contributed by atoms with Gasteiger partial charge in [0.05, 0.1) is 19.3 Å². The smallest absolute Gasteiger partial charge is 0.407 e. The number of aromatic nitrogens is 2. The number of carbonyl (C=O) groups excluding carboxylic acids is 2. The average molecular weight is 250 g/mol. The number of alkyl carbamates (subject to hydrolysis) is 1. The van der Waals surface area contributed by atoms with E-state index in [0.717, 1.165) is 0 Å². The number of amides is 2. The summed E-state index contributed by atoms with van der Waals surface area (Å²) in [6.45, 7) is 0.279. The lowest BCUT2D eigenvalue weighted by Crippen LogP contribution is -2.53. The number of rotatable bonds is 1. The highest BCUT2D eigenvalue weighted by atomic mass is 16.5. The Bertz CT molecular complexity index is 547. The van der Waals surface area contributed by atoms with E-state index in [2.05, 4.69) is 25.3 Å². The van der Waals surface area contributed by atoms with Crippen LogP contribution in [0.4, 0.5) is 10.6 Å². The third-order valence-electron chi connectivity index (χ3n) is 3.08. The Balaban J connectivity index is 2.14. The molecule has 2 aliphatic rings. The SMILES string of the molecule is COC(=O)NC12CCOc3ncnc(c31)NC2=O. The van der Waals surface area contributed by atoms with Gasteiger partial charge in [-0.15, -0.1) is 0 Å². The van der Waals surface area contributed by atoms with E-state index in [1.54, 1.807) is 0 Å². The zero-order valence-corrected chi connectivity index (χ0v) is 9.52. The number of carbonyl (C=O) groups is 2. The Morgan fingerprint density at radius 1 is 1.61 bits per heavy atom. The van der Waals surface area contributed by atoms with Crippen molar-refractivity contribution in [1.82, 2.24) is 15.3 Å². The molecule has 1 atom stereocenters. The minimum absolute atomic E-state index is 0.279. The number of ether oxygens (including phenoxy) is 2. The van der Waals surface area contributed by atoms with Gasteiger partial charge in [-0.2, -0.15) is 0 Å². The Morgan fingerprint density at radius 2 is 2.44 bits per heavy atom. The molecule has 1 unspecified atom stereocenters. The molecule has 2 amide bonds. The van der Waals surface area contributed by atoms with Crippen LogP contribution in [-0.4, -0.2) is 35.7 Å². The third kappa shape index (κ3) is 1.25. The molecular formula is C10H10N4O4. The summed E-state index contributed by atoms with van der Waals surface area (Å²) in [4.78, 5) is 31.5. The van der Waals surface area contributed by atoms with E-state index in [0.29, 0.717) is 23.7 Å². The summed E-state index contributed by atoms with van der Waals surface area (Å²) < 4.78 is 9.92. The molecule has 2 aliphatic heterocycles. The fourth-order valence-electron chi connectivity index (χ4n) is 2.23. The quantitative estimate of drug-likeness (QED) is 0.713. The second-order valence-electron chi connectivity index (χ2n) is 3.98. The van der Waals surface area contributed by atoms with E-state index in [9.17, 15) is 9.59 Å². The molecule has 0 radical (unpaired) electrons. The highest BCUT2D eigenvalue weighted by molar-refractivity contribution is 6.07. The first kappa shape index (κ1) is 10.8. The fraction of sp³-hybridized carbons (Fsp3) is 0.400. The van der Waals surface area contributed by atoms with E-state index in [4.69, 9.17) is 4.74 Å². The van der Waals surface area contributed by atoms with Gasteiger partial charge in [-0.3, -0.25) is 4.79 Å². The Labute approximate surface area is 102 Å². The topological polar surface area (TPSA) is 102 Å². The summed E-state index contributed by atoms with van der Waals surface area (Å²) in [7, 11) is 1.24. The third-order valence-corrected chi connectivity index (χ3v) is 3.08. The Morgan fingerprint density at radius 3 is 3.22 bits per heavy atom. The summed E-state index contributed by atoms with van der Waals surface area (Å²) in [6.07, 6.45) is 0.921. The standard InChI is InChI=1S/C10H10N4O4/c1-17-9(16)14-10-2-3-18-7-5(10)6(11-4-12-7)13-8(10)15/h4H,2-3H2,1H3,(H,14,16)(H,11,12,13,15). The minimum atomic E-state index is -1.20. The number of nitrogens with zero attached hydrogens (tertiary/aromatic N) is 2. The van der Waals surface area contributed by atoms with Crippen molar-refractivity contribution in [2.45, 2.75) is 12.0 Å². The molecule has 94 valence electrons. The lowest BCUT2D eigenvalue weighted by atomic mass is 9.88. The molecule has 0 fully saturated rings. The van der Waals surface area contributed by atoms with Crippen molar-refractivity contribution in [2.75, 3.05) is 19.0 Å². The first-order chi connectivity index (χ1) is 8.67. The van der Waals surface area contributed by atoms with Gasteiger partial charge in [-0.25, -0.2) is 14.8 Å². The van der Waals surface area contributed by atoms with Gasteiger partial charge < -0.3 is 20.1 Å². The van der Waals surface area contributed by atoms with Crippen LogP contribution in [0.2, 0.25) is 0 Å². The molecule has 0 saturated heterocycles. The molecule has 18 heavy (non-hydrogen) atoms. The molecule has 0 bridgehead atoms.